The highest BCUT2D eigenvalue weighted by atomic mass is 16.5. The topological polar surface area (TPSA) is 37.6 Å². The second kappa shape index (κ2) is 8.45. The summed E-state index contributed by atoms with van der Waals surface area (Å²) in [4.78, 5) is 2.37. The zero-order valence-electron chi connectivity index (χ0n) is 12.9. The van der Waals surface area contributed by atoms with Crippen LogP contribution in [0.2, 0.25) is 0 Å². The van der Waals surface area contributed by atoms with Gasteiger partial charge in [-0.2, -0.15) is 0 Å². The summed E-state index contributed by atoms with van der Waals surface area (Å²) in [6.07, 6.45) is 5.35. The number of hydrogen-bond donors (Lipinski definition) is 1. The van der Waals surface area contributed by atoms with Gasteiger partial charge < -0.3 is 14.5 Å². The second-order valence-corrected chi connectivity index (χ2v) is 5.80. The van der Waals surface area contributed by atoms with E-state index in [0.29, 0.717) is 0 Å². The Labute approximate surface area is 122 Å². The third-order valence-electron chi connectivity index (χ3n) is 3.90. The lowest BCUT2D eigenvalue weighted by atomic mass is 10.00. The Morgan fingerprint density at radius 3 is 2.90 bits per heavy atom. The van der Waals surface area contributed by atoms with Crippen molar-refractivity contribution in [3.8, 4) is 0 Å². The van der Waals surface area contributed by atoms with E-state index in [1.165, 1.54) is 18.4 Å². The Balaban J connectivity index is 1.78. The van der Waals surface area contributed by atoms with E-state index in [1.54, 1.807) is 6.26 Å². The van der Waals surface area contributed by atoms with Gasteiger partial charge in [0.2, 0.25) is 0 Å². The molecule has 4 heteroatoms. The fourth-order valence-corrected chi connectivity index (χ4v) is 2.74. The predicted molar refractivity (Wildman–Crippen MR) is 80.6 cm³/mol. The second-order valence-electron chi connectivity index (χ2n) is 5.80. The monoisotopic (exact) mass is 280 g/mol. The van der Waals surface area contributed by atoms with Gasteiger partial charge in [-0.05, 0) is 44.8 Å². The molecule has 1 aliphatic rings. The van der Waals surface area contributed by atoms with Gasteiger partial charge >= 0.3 is 0 Å². The van der Waals surface area contributed by atoms with Crippen LogP contribution in [0.5, 0.6) is 0 Å². The number of rotatable bonds is 8. The first kappa shape index (κ1) is 15.5. The molecule has 0 bridgehead atoms. The van der Waals surface area contributed by atoms with Crippen LogP contribution in [0.4, 0.5) is 0 Å². The highest BCUT2D eigenvalue weighted by Crippen LogP contribution is 2.18. The van der Waals surface area contributed by atoms with Crippen molar-refractivity contribution in [3.63, 3.8) is 0 Å². The zero-order valence-corrected chi connectivity index (χ0v) is 12.9. The first-order valence-electron chi connectivity index (χ1n) is 7.81. The molecule has 0 aliphatic carbocycles. The smallest absolute Gasteiger partial charge is 0.122 e. The molecule has 0 radical (unpaired) electrons. The van der Waals surface area contributed by atoms with Crippen LogP contribution >= 0.6 is 0 Å². The highest BCUT2D eigenvalue weighted by Gasteiger charge is 2.17. The molecule has 1 N–H and O–H groups in total. The van der Waals surface area contributed by atoms with Crippen molar-refractivity contribution in [1.29, 1.82) is 0 Å². The maximum atomic E-state index is 5.65. The van der Waals surface area contributed by atoms with Gasteiger partial charge in [-0.3, -0.25) is 4.90 Å². The molecule has 0 amide bonds. The minimum atomic E-state index is 0.769. The molecule has 1 saturated heterocycles. The molecule has 114 valence electrons. The normalized spacial score (nSPS) is 16.9. The van der Waals surface area contributed by atoms with Gasteiger partial charge in [0.25, 0.3) is 0 Å². The van der Waals surface area contributed by atoms with E-state index in [-0.39, 0.29) is 0 Å². The third kappa shape index (κ3) is 4.93. The number of ether oxygens (including phenoxy) is 1. The minimum absolute atomic E-state index is 0.769. The number of furan rings is 1. The molecule has 0 unspecified atom stereocenters. The Morgan fingerprint density at radius 1 is 1.35 bits per heavy atom. The van der Waals surface area contributed by atoms with Crippen molar-refractivity contribution in [2.45, 2.75) is 39.3 Å². The lowest BCUT2D eigenvalue weighted by molar-refractivity contribution is 0.0542. The average Bonchev–Trinajstić information content (AvgIpc) is 2.87. The lowest BCUT2D eigenvalue weighted by Crippen LogP contribution is -2.29. The summed E-state index contributed by atoms with van der Waals surface area (Å²) >= 11 is 0. The minimum Gasteiger partial charge on any atom is -0.468 e. The molecule has 2 heterocycles. The average molecular weight is 280 g/mol. The van der Waals surface area contributed by atoms with Crippen LogP contribution in [0.3, 0.4) is 0 Å². The summed E-state index contributed by atoms with van der Waals surface area (Å²) in [5, 5.41) is 3.44. The van der Waals surface area contributed by atoms with Crippen LogP contribution < -0.4 is 5.32 Å². The first-order valence-corrected chi connectivity index (χ1v) is 7.81. The fourth-order valence-electron chi connectivity index (χ4n) is 2.74. The summed E-state index contributed by atoms with van der Waals surface area (Å²) in [5.74, 6) is 1.87. The maximum absolute atomic E-state index is 5.65. The van der Waals surface area contributed by atoms with Crippen molar-refractivity contribution in [2.24, 2.45) is 5.92 Å². The van der Waals surface area contributed by atoms with Crippen molar-refractivity contribution in [3.05, 3.63) is 23.7 Å². The molecule has 1 aromatic rings. The molecule has 1 aromatic heterocycles. The van der Waals surface area contributed by atoms with Gasteiger partial charge in [0.1, 0.15) is 5.76 Å². The highest BCUT2D eigenvalue weighted by molar-refractivity contribution is 5.16. The van der Waals surface area contributed by atoms with Gasteiger partial charge in [-0.15, -0.1) is 0 Å². The quantitative estimate of drug-likeness (QED) is 0.743. The van der Waals surface area contributed by atoms with E-state index in [2.05, 4.69) is 30.3 Å². The molecule has 0 saturated carbocycles. The summed E-state index contributed by atoms with van der Waals surface area (Å²) in [6.45, 7) is 8.02. The fraction of sp³-hybridized carbons (Fsp3) is 0.750. The Morgan fingerprint density at radius 2 is 2.15 bits per heavy atom. The molecule has 1 fully saturated rings. The summed E-state index contributed by atoms with van der Waals surface area (Å²) in [5.41, 5.74) is 1.29. The Bertz CT molecular complexity index is 372. The summed E-state index contributed by atoms with van der Waals surface area (Å²) in [6, 6.07) is 2.08. The first-order chi connectivity index (χ1) is 9.79. The summed E-state index contributed by atoms with van der Waals surface area (Å²) in [7, 11) is 2.18. The summed E-state index contributed by atoms with van der Waals surface area (Å²) < 4.78 is 11.1. The van der Waals surface area contributed by atoms with Crippen LogP contribution in [0, 0.1) is 5.92 Å². The van der Waals surface area contributed by atoms with Gasteiger partial charge in [-0.25, -0.2) is 0 Å². The largest absolute Gasteiger partial charge is 0.468 e. The molecule has 0 atom stereocenters. The van der Waals surface area contributed by atoms with Crippen molar-refractivity contribution < 1.29 is 9.15 Å². The molecule has 0 spiro atoms. The van der Waals surface area contributed by atoms with E-state index in [9.17, 15) is 0 Å². The number of hydrogen-bond acceptors (Lipinski definition) is 4. The molecular weight excluding hydrogens is 252 g/mol. The molecule has 20 heavy (non-hydrogen) atoms. The van der Waals surface area contributed by atoms with E-state index in [1.807, 2.05) is 0 Å². The molecule has 2 rings (SSSR count). The molecule has 0 aromatic carbocycles. The number of nitrogens with zero attached hydrogens (tertiary/aromatic N) is 1. The Kier molecular flexibility index (Phi) is 6.57. The van der Waals surface area contributed by atoms with E-state index >= 15 is 0 Å². The van der Waals surface area contributed by atoms with Crippen LogP contribution in [0.15, 0.2) is 16.7 Å². The molecule has 1 aliphatic heterocycles. The molecular formula is C16H28N2O2. The van der Waals surface area contributed by atoms with Crippen molar-refractivity contribution >= 4 is 0 Å². The van der Waals surface area contributed by atoms with Crippen LogP contribution in [-0.2, 0) is 17.8 Å². The number of nitrogens with one attached hydrogen (secondary N) is 1. The van der Waals surface area contributed by atoms with E-state index in [0.717, 1.165) is 57.5 Å². The predicted octanol–water partition coefficient (Wildman–Crippen LogP) is 2.64. The van der Waals surface area contributed by atoms with Crippen LogP contribution in [-0.4, -0.2) is 38.3 Å². The Hall–Kier alpha value is -0.840. The maximum Gasteiger partial charge on any atom is 0.122 e. The molecule has 4 nitrogen and oxygen atoms in total. The van der Waals surface area contributed by atoms with E-state index < -0.39 is 0 Å². The van der Waals surface area contributed by atoms with Crippen LogP contribution in [0.1, 0.15) is 37.5 Å². The lowest BCUT2D eigenvalue weighted by Gasteiger charge is -2.26. The third-order valence-corrected chi connectivity index (χ3v) is 3.90. The van der Waals surface area contributed by atoms with Crippen LogP contribution in [0.25, 0.3) is 0 Å². The van der Waals surface area contributed by atoms with Gasteiger partial charge in [0.15, 0.2) is 0 Å². The van der Waals surface area contributed by atoms with Gasteiger partial charge in [0.05, 0.1) is 12.8 Å². The standard InChI is InChI=1S/C16H28N2O2/c1-3-7-17-11-15-6-10-20-16(15)13-18(2)12-14-4-8-19-9-5-14/h6,10,14,17H,3-5,7-9,11-13H2,1-2H3. The van der Waals surface area contributed by atoms with Gasteiger partial charge in [0, 0.05) is 31.9 Å². The van der Waals surface area contributed by atoms with E-state index in [4.69, 9.17) is 9.15 Å². The van der Waals surface area contributed by atoms with Gasteiger partial charge in [-0.1, -0.05) is 6.92 Å². The zero-order chi connectivity index (χ0) is 14.2. The van der Waals surface area contributed by atoms with Crippen molar-refractivity contribution in [2.75, 3.05) is 33.4 Å². The van der Waals surface area contributed by atoms with Crippen molar-refractivity contribution in [1.82, 2.24) is 10.2 Å². The SMILES string of the molecule is CCCNCc1ccoc1CN(C)CC1CCOCC1.